The predicted octanol–water partition coefficient (Wildman–Crippen LogP) is 3.65. The Labute approximate surface area is 138 Å². The standard InChI is InChI=1S/C19H25N3O/c1-21(17-12-7-2-3-8-13-17)19(23)18(22-15-9-14-20-22)16-10-5-4-6-11-16/h4-6,9-11,14-15,17-18H,2-3,7-8,12-13H2,1H3. The summed E-state index contributed by atoms with van der Waals surface area (Å²) in [7, 11) is 1.96. The monoisotopic (exact) mass is 311 g/mol. The fourth-order valence-corrected chi connectivity index (χ4v) is 3.50. The van der Waals surface area contributed by atoms with Crippen molar-refractivity contribution in [1.29, 1.82) is 0 Å². The zero-order valence-electron chi connectivity index (χ0n) is 13.8. The molecule has 1 saturated carbocycles. The van der Waals surface area contributed by atoms with E-state index in [9.17, 15) is 4.79 Å². The van der Waals surface area contributed by atoms with Crippen molar-refractivity contribution in [2.45, 2.75) is 50.6 Å². The van der Waals surface area contributed by atoms with Crippen LogP contribution in [-0.4, -0.2) is 33.7 Å². The molecule has 3 rings (SSSR count). The number of aromatic nitrogens is 2. The van der Waals surface area contributed by atoms with Crippen LogP contribution >= 0.6 is 0 Å². The molecule has 1 aromatic heterocycles. The second-order valence-corrected chi connectivity index (χ2v) is 6.39. The Morgan fingerprint density at radius 2 is 1.83 bits per heavy atom. The molecule has 0 bridgehead atoms. The molecule has 1 fully saturated rings. The van der Waals surface area contributed by atoms with Gasteiger partial charge in [-0.2, -0.15) is 5.10 Å². The summed E-state index contributed by atoms with van der Waals surface area (Å²) in [6.07, 6.45) is 10.9. The molecule has 1 aliphatic carbocycles. The summed E-state index contributed by atoms with van der Waals surface area (Å²) < 4.78 is 1.77. The molecule has 1 aromatic carbocycles. The largest absolute Gasteiger partial charge is 0.341 e. The van der Waals surface area contributed by atoms with Gasteiger partial charge in [0.15, 0.2) is 6.04 Å². The Hall–Kier alpha value is -2.10. The van der Waals surface area contributed by atoms with E-state index in [4.69, 9.17) is 0 Å². The van der Waals surface area contributed by atoms with E-state index in [-0.39, 0.29) is 11.9 Å². The molecule has 0 radical (unpaired) electrons. The first kappa shape index (κ1) is 15.8. The first-order chi connectivity index (χ1) is 11.3. The van der Waals surface area contributed by atoms with Crippen LogP contribution in [0.25, 0.3) is 0 Å². The molecular weight excluding hydrogens is 286 g/mol. The molecule has 0 aliphatic heterocycles. The molecule has 1 aliphatic rings. The van der Waals surface area contributed by atoms with Gasteiger partial charge in [-0.15, -0.1) is 0 Å². The molecule has 4 nitrogen and oxygen atoms in total. The van der Waals surface area contributed by atoms with Crippen LogP contribution in [0.15, 0.2) is 48.8 Å². The van der Waals surface area contributed by atoms with Crippen LogP contribution in [0.4, 0.5) is 0 Å². The maximum Gasteiger partial charge on any atom is 0.252 e. The van der Waals surface area contributed by atoms with E-state index in [2.05, 4.69) is 5.10 Å². The molecule has 4 heteroatoms. The molecule has 0 spiro atoms. The number of nitrogens with zero attached hydrogens (tertiary/aromatic N) is 3. The lowest BCUT2D eigenvalue weighted by atomic mass is 10.0. The van der Waals surface area contributed by atoms with E-state index in [1.165, 1.54) is 25.7 Å². The van der Waals surface area contributed by atoms with Gasteiger partial charge in [0.05, 0.1) is 0 Å². The summed E-state index contributed by atoms with van der Waals surface area (Å²) in [6, 6.07) is 11.8. The molecule has 1 heterocycles. The molecule has 1 unspecified atom stereocenters. The third-order valence-corrected chi connectivity index (χ3v) is 4.86. The topological polar surface area (TPSA) is 38.1 Å². The third kappa shape index (κ3) is 3.63. The van der Waals surface area contributed by atoms with Crippen molar-refractivity contribution in [3.05, 3.63) is 54.4 Å². The molecular formula is C19H25N3O. The fraction of sp³-hybridized carbons (Fsp3) is 0.474. The highest BCUT2D eigenvalue weighted by atomic mass is 16.2. The molecule has 0 N–H and O–H groups in total. The van der Waals surface area contributed by atoms with Gasteiger partial charge in [0.25, 0.3) is 5.91 Å². The van der Waals surface area contributed by atoms with Crippen molar-refractivity contribution < 1.29 is 4.79 Å². The van der Waals surface area contributed by atoms with Crippen LogP contribution in [-0.2, 0) is 4.79 Å². The van der Waals surface area contributed by atoms with Crippen LogP contribution in [0, 0.1) is 0 Å². The van der Waals surface area contributed by atoms with Gasteiger partial charge >= 0.3 is 0 Å². The summed E-state index contributed by atoms with van der Waals surface area (Å²) in [6.45, 7) is 0. The summed E-state index contributed by atoms with van der Waals surface area (Å²) in [5, 5.41) is 4.33. The number of hydrogen-bond acceptors (Lipinski definition) is 2. The van der Waals surface area contributed by atoms with Crippen LogP contribution in [0.1, 0.15) is 50.1 Å². The van der Waals surface area contributed by atoms with Gasteiger partial charge in [0.2, 0.25) is 0 Å². The summed E-state index contributed by atoms with van der Waals surface area (Å²) in [4.78, 5) is 15.2. The number of carbonyl (C=O) groups excluding carboxylic acids is 1. The number of likely N-dealkylation sites (N-methyl/N-ethyl adjacent to an activating group) is 1. The van der Waals surface area contributed by atoms with Crippen molar-refractivity contribution in [1.82, 2.24) is 14.7 Å². The maximum absolute atomic E-state index is 13.2. The Morgan fingerprint density at radius 3 is 2.43 bits per heavy atom. The van der Waals surface area contributed by atoms with E-state index in [1.807, 2.05) is 54.5 Å². The average molecular weight is 311 g/mol. The molecule has 1 amide bonds. The predicted molar refractivity (Wildman–Crippen MR) is 91.1 cm³/mol. The maximum atomic E-state index is 13.2. The number of hydrogen-bond donors (Lipinski definition) is 0. The minimum atomic E-state index is -0.376. The lowest BCUT2D eigenvalue weighted by Crippen LogP contribution is -2.41. The first-order valence-corrected chi connectivity index (χ1v) is 8.58. The van der Waals surface area contributed by atoms with Gasteiger partial charge < -0.3 is 4.90 Å². The number of benzene rings is 1. The second-order valence-electron chi connectivity index (χ2n) is 6.39. The molecule has 122 valence electrons. The number of amides is 1. The summed E-state index contributed by atoms with van der Waals surface area (Å²) >= 11 is 0. The Bertz CT molecular complexity index is 601. The molecule has 1 atom stereocenters. The lowest BCUT2D eigenvalue weighted by Gasteiger charge is -2.31. The second kappa shape index (κ2) is 7.44. The minimum Gasteiger partial charge on any atom is -0.341 e. The van der Waals surface area contributed by atoms with E-state index in [0.29, 0.717) is 6.04 Å². The van der Waals surface area contributed by atoms with Crippen LogP contribution in [0.2, 0.25) is 0 Å². The molecule has 2 aromatic rings. The third-order valence-electron chi connectivity index (χ3n) is 4.86. The van der Waals surface area contributed by atoms with E-state index < -0.39 is 0 Å². The van der Waals surface area contributed by atoms with E-state index >= 15 is 0 Å². The van der Waals surface area contributed by atoms with E-state index in [1.54, 1.807) is 10.9 Å². The van der Waals surface area contributed by atoms with E-state index in [0.717, 1.165) is 18.4 Å². The first-order valence-electron chi connectivity index (χ1n) is 8.58. The normalized spacial score (nSPS) is 17.4. The highest BCUT2D eigenvalue weighted by Crippen LogP contribution is 2.25. The quantitative estimate of drug-likeness (QED) is 0.808. The zero-order chi connectivity index (χ0) is 16.1. The van der Waals surface area contributed by atoms with Crippen molar-refractivity contribution in [2.24, 2.45) is 0 Å². The van der Waals surface area contributed by atoms with Crippen molar-refractivity contribution >= 4 is 5.91 Å². The number of rotatable bonds is 4. The lowest BCUT2D eigenvalue weighted by molar-refractivity contribution is -0.134. The molecule has 23 heavy (non-hydrogen) atoms. The fourth-order valence-electron chi connectivity index (χ4n) is 3.50. The Kier molecular flexibility index (Phi) is 5.11. The Balaban J connectivity index is 1.85. The van der Waals surface area contributed by atoms with Gasteiger partial charge in [-0.3, -0.25) is 9.48 Å². The van der Waals surface area contributed by atoms with Gasteiger partial charge in [-0.05, 0) is 24.5 Å². The SMILES string of the molecule is CN(C(=O)C(c1ccccc1)n1cccn1)C1CCCCCC1. The van der Waals surface area contributed by atoms with Gasteiger partial charge in [-0.1, -0.05) is 56.0 Å². The smallest absolute Gasteiger partial charge is 0.252 e. The Morgan fingerprint density at radius 1 is 1.13 bits per heavy atom. The van der Waals surface area contributed by atoms with Gasteiger partial charge in [0, 0.05) is 25.5 Å². The van der Waals surface area contributed by atoms with Crippen LogP contribution in [0.5, 0.6) is 0 Å². The molecule has 0 saturated heterocycles. The van der Waals surface area contributed by atoms with Gasteiger partial charge in [-0.25, -0.2) is 0 Å². The highest BCUT2D eigenvalue weighted by Gasteiger charge is 2.30. The minimum absolute atomic E-state index is 0.131. The zero-order valence-corrected chi connectivity index (χ0v) is 13.8. The van der Waals surface area contributed by atoms with Crippen molar-refractivity contribution in [3.8, 4) is 0 Å². The van der Waals surface area contributed by atoms with Crippen LogP contribution < -0.4 is 0 Å². The van der Waals surface area contributed by atoms with Crippen LogP contribution in [0.3, 0.4) is 0 Å². The van der Waals surface area contributed by atoms with Crippen molar-refractivity contribution in [2.75, 3.05) is 7.05 Å². The van der Waals surface area contributed by atoms with Gasteiger partial charge in [0.1, 0.15) is 0 Å². The summed E-state index contributed by atoms with van der Waals surface area (Å²) in [5.74, 6) is 0.131. The van der Waals surface area contributed by atoms with Crippen molar-refractivity contribution in [3.63, 3.8) is 0 Å². The number of carbonyl (C=O) groups is 1. The average Bonchev–Trinajstić information content (AvgIpc) is 2.96. The summed E-state index contributed by atoms with van der Waals surface area (Å²) in [5.41, 5.74) is 0.988. The highest BCUT2D eigenvalue weighted by molar-refractivity contribution is 5.83.